The Balaban J connectivity index is 1.73. The minimum absolute atomic E-state index is 0.0845. The van der Waals surface area contributed by atoms with Crippen molar-refractivity contribution in [3.05, 3.63) is 54.6 Å². The Kier molecular flexibility index (Phi) is 4.16. The van der Waals surface area contributed by atoms with Crippen LogP contribution in [0.2, 0.25) is 0 Å². The number of hydrogen-bond donors (Lipinski definition) is 2. The summed E-state index contributed by atoms with van der Waals surface area (Å²) < 4.78 is 0. The average Bonchev–Trinajstić information content (AvgIpc) is 2.89. The maximum Gasteiger partial charge on any atom is 0.261 e. The molecular formula is C17H20N2O2S. The highest BCUT2D eigenvalue weighted by Crippen LogP contribution is 2.29. The van der Waals surface area contributed by atoms with Crippen LogP contribution in [0, 0.1) is 13.8 Å². The molecule has 2 aromatic heterocycles. The topological polar surface area (TPSA) is 62.0 Å². The number of rotatable bonds is 3. The largest absolute Gasteiger partial charge is 0.347 e. The van der Waals surface area contributed by atoms with Gasteiger partial charge in [-0.15, -0.1) is 11.3 Å². The first-order valence-corrected chi connectivity index (χ1v) is 8.45. The zero-order valence-corrected chi connectivity index (χ0v) is 13.7. The molecule has 3 rings (SSSR count). The molecule has 2 aromatic rings. The molecule has 1 amide bonds. The molecule has 0 aliphatic heterocycles. The Hall–Kier alpha value is -1.88. The number of thiophene rings is 1. The van der Waals surface area contributed by atoms with Crippen molar-refractivity contribution in [2.75, 3.05) is 0 Å². The number of aromatic nitrogens is 1. The van der Waals surface area contributed by atoms with Gasteiger partial charge in [0.1, 0.15) is 0 Å². The maximum absolute atomic E-state index is 12.3. The van der Waals surface area contributed by atoms with Crippen molar-refractivity contribution in [2.45, 2.75) is 46.1 Å². The van der Waals surface area contributed by atoms with Crippen LogP contribution in [0.5, 0.6) is 0 Å². The monoisotopic (exact) mass is 316 g/mol. The van der Waals surface area contributed by atoms with Crippen molar-refractivity contribution >= 4 is 17.2 Å². The van der Waals surface area contributed by atoms with E-state index >= 15 is 0 Å². The first kappa shape index (κ1) is 15.0. The normalized spacial score (nSPS) is 13.7. The summed E-state index contributed by atoms with van der Waals surface area (Å²) in [6.07, 6.45) is 4.59. The summed E-state index contributed by atoms with van der Waals surface area (Å²) in [6.45, 7) is 4.02. The van der Waals surface area contributed by atoms with Crippen LogP contribution < -0.4 is 10.9 Å². The van der Waals surface area contributed by atoms with Gasteiger partial charge in [0.2, 0.25) is 0 Å². The first-order valence-electron chi connectivity index (χ1n) is 7.64. The van der Waals surface area contributed by atoms with Gasteiger partial charge in [-0.3, -0.25) is 9.59 Å². The van der Waals surface area contributed by atoms with Gasteiger partial charge in [-0.2, -0.15) is 0 Å². The number of fused-ring (bicyclic) bond motifs is 1. The van der Waals surface area contributed by atoms with Gasteiger partial charge in [-0.1, -0.05) is 0 Å². The second-order valence-electron chi connectivity index (χ2n) is 5.89. The van der Waals surface area contributed by atoms with E-state index in [0.717, 1.165) is 29.0 Å². The molecule has 5 heteroatoms. The standard InChI is InChI=1S/C17H20N2O2S/c1-10-7-11(2)19-16(20)13(10)9-18-17(21)15-8-12-5-3-4-6-14(12)22-15/h7-8H,3-6,9H2,1-2H3,(H,18,21)(H,19,20). The molecular weight excluding hydrogens is 296 g/mol. The second kappa shape index (κ2) is 6.08. The van der Waals surface area contributed by atoms with Gasteiger partial charge in [-0.25, -0.2) is 0 Å². The van der Waals surface area contributed by atoms with Crippen molar-refractivity contribution in [1.29, 1.82) is 0 Å². The van der Waals surface area contributed by atoms with Crippen LogP contribution in [-0.4, -0.2) is 10.9 Å². The van der Waals surface area contributed by atoms with Gasteiger partial charge in [0.05, 0.1) is 4.88 Å². The number of carbonyl (C=O) groups is 1. The Morgan fingerprint density at radius 2 is 2.05 bits per heavy atom. The summed E-state index contributed by atoms with van der Waals surface area (Å²) in [5.74, 6) is -0.0845. The summed E-state index contributed by atoms with van der Waals surface area (Å²) in [5, 5.41) is 2.88. The van der Waals surface area contributed by atoms with Crippen LogP contribution >= 0.6 is 11.3 Å². The highest BCUT2D eigenvalue weighted by molar-refractivity contribution is 7.14. The van der Waals surface area contributed by atoms with Crippen molar-refractivity contribution < 1.29 is 4.79 Å². The molecule has 0 spiro atoms. The SMILES string of the molecule is Cc1cc(C)c(CNC(=O)c2cc3c(s2)CCCC3)c(=O)[nH]1. The Bertz CT molecular complexity index is 750. The molecule has 2 N–H and O–H groups in total. The highest BCUT2D eigenvalue weighted by Gasteiger charge is 2.17. The van der Waals surface area contributed by atoms with Gasteiger partial charge in [0, 0.05) is 22.7 Å². The molecule has 0 aromatic carbocycles. The molecule has 0 atom stereocenters. The molecule has 0 unspecified atom stereocenters. The molecule has 116 valence electrons. The van der Waals surface area contributed by atoms with E-state index in [2.05, 4.69) is 10.3 Å². The van der Waals surface area contributed by atoms with Gasteiger partial charge in [0.15, 0.2) is 0 Å². The van der Waals surface area contributed by atoms with Gasteiger partial charge < -0.3 is 10.3 Å². The van der Waals surface area contributed by atoms with Crippen molar-refractivity contribution in [1.82, 2.24) is 10.3 Å². The molecule has 22 heavy (non-hydrogen) atoms. The zero-order chi connectivity index (χ0) is 15.7. The lowest BCUT2D eigenvalue weighted by atomic mass is 9.99. The number of nitrogens with one attached hydrogen (secondary N) is 2. The van der Waals surface area contributed by atoms with Crippen molar-refractivity contribution in [3.8, 4) is 0 Å². The third-order valence-electron chi connectivity index (χ3n) is 4.14. The summed E-state index contributed by atoms with van der Waals surface area (Å²) in [5.41, 5.74) is 3.57. The summed E-state index contributed by atoms with van der Waals surface area (Å²) in [7, 11) is 0. The van der Waals surface area contributed by atoms with Crippen LogP contribution in [0.25, 0.3) is 0 Å². The molecule has 1 aliphatic carbocycles. The molecule has 0 bridgehead atoms. The quantitative estimate of drug-likeness (QED) is 0.914. The zero-order valence-electron chi connectivity index (χ0n) is 12.9. The van der Waals surface area contributed by atoms with E-state index in [0.29, 0.717) is 5.56 Å². The number of H-pyrrole nitrogens is 1. The van der Waals surface area contributed by atoms with Crippen LogP contribution in [0.15, 0.2) is 16.9 Å². The van der Waals surface area contributed by atoms with E-state index in [-0.39, 0.29) is 18.0 Å². The fourth-order valence-electron chi connectivity index (χ4n) is 2.96. The van der Waals surface area contributed by atoms with E-state index in [1.54, 1.807) is 11.3 Å². The molecule has 0 saturated heterocycles. The van der Waals surface area contributed by atoms with Crippen LogP contribution in [-0.2, 0) is 19.4 Å². The molecule has 1 aliphatic rings. The van der Waals surface area contributed by atoms with Crippen LogP contribution in [0.4, 0.5) is 0 Å². The molecule has 0 radical (unpaired) electrons. The minimum atomic E-state index is -0.122. The minimum Gasteiger partial charge on any atom is -0.347 e. The van der Waals surface area contributed by atoms with E-state index < -0.39 is 0 Å². The number of aryl methyl sites for hydroxylation is 4. The predicted octanol–water partition coefficient (Wildman–Crippen LogP) is 2.86. The maximum atomic E-state index is 12.3. The van der Waals surface area contributed by atoms with Crippen molar-refractivity contribution in [2.24, 2.45) is 0 Å². The number of amides is 1. The third-order valence-corrected chi connectivity index (χ3v) is 5.38. The van der Waals surface area contributed by atoms with Crippen LogP contribution in [0.3, 0.4) is 0 Å². The lowest BCUT2D eigenvalue weighted by Crippen LogP contribution is -2.27. The van der Waals surface area contributed by atoms with E-state index in [4.69, 9.17) is 0 Å². The van der Waals surface area contributed by atoms with E-state index in [1.807, 2.05) is 26.0 Å². The summed E-state index contributed by atoms with van der Waals surface area (Å²) in [6, 6.07) is 3.94. The fraction of sp³-hybridized carbons (Fsp3) is 0.412. The number of carbonyl (C=O) groups excluding carboxylic acids is 1. The number of pyridine rings is 1. The van der Waals surface area contributed by atoms with Crippen molar-refractivity contribution in [3.63, 3.8) is 0 Å². The van der Waals surface area contributed by atoms with E-state index in [9.17, 15) is 9.59 Å². The molecule has 4 nitrogen and oxygen atoms in total. The fourth-order valence-corrected chi connectivity index (χ4v) is 4.13. The summed E-state index contributed by atoms with van der Waals surface area (Å²) in [4.78, 5) is 29.2. The highest BCUT2D eigenvalue weighted by atomic mass is 32.1. The second-order valence-corrected chi connectivity index (χ2v) is 7.03. The lowest BCUT2D eigenvalue weighted by Gasteiger charge is -2.08. The van der Waals surface area contributed by atoms with Gasteiger partial charge in [0.25, 0.3) is 11.5 Å². The van der Waals surface area contributed by atoms with Gasteiger partial charge >= 0.3 is 0 Å². The third kappa shape index (κ3) is 2.99. The van der Waals surface area contributed by atoms with Crippen LogP contribution in [0.1, 0.15) is 49.8 Å². The first-order chi connectivity index (χ1) is 10.5. The Labute approximate surface area is 133 Å². The van der Waals surface area contributed by atoms with E-state index in [1.165, 1.54) is 23.3 Å². The smallest absolute Gasteiger partial charge is 0.261 e. The molecule has 2 heterocycles. The predicted molar refractivity (Wildman–Crippen MR) is 88.7 cm³/mol. The van der Waals surface area contributed by atoms with Gasteiger partial charge in [-0.05, 0) is 62.8 Å². The molecule has 0 fully saturated rings. The summed E-state index contributed by atoms with van der Waals surface area (Å²) >= 11 is 1.59. The number of aromatic amines is 1. The Morgan fingerprint density at radius 1 is 1.27 bits per heavy atom. The molecule has 0 saturated carbocycles. The lowest BCUT2D eigenvalue weighted by molar-refractivity contribution is 0.0954. The average molecular weight is 316 g/mol. The number of hydrogen-bond acceptors (Lipinski definition) is 3. The Morgan fingerprint density at radius 3 is 2.77 bits per heavy atom.